The van der Waals surface area contributed by atoms with Crippen molar-refractivity contribution in [2.24, 2.45) is 0 Å². The maximum atomic E-state index is 11.1. The molecule has 3 rings (SSSR count). The highest BCUT2D eigenvalue weighted by atomic mass is 16.1. The van der Waals surface area contributed by atoms with Gasteiger partial charge in [-0.15, -0.1) is 0 Å². The number of pyridine rings is 2. The first-order valence-electron chi connectivity index (χ1n) is 4.72. The Morgan fingerprint density at radius 2 is 1.87 bits per heavy atom. The van der Waals surface area contributed by atoms with Crippen LogP contribution < -0.4 is 5.56 Å². The number of fused-ring (bicyclic) bond motifs is 2. The lowest BCUT2D eigenvalue weighted by molar-refractivity contribution is 1.25. The number of benzene rings is 1. The lowest BCUT2D eigenvalue weighted by Gasteiger charge is -1.99. The summed E-state index contributed by atoms with van der Waals surface area (Å²) >= 11 is 0. The van der Waals surface area contributed by atoms with Gasteiger partial charge < -0.3 is 4.98 Å². The van der Waals surface area contributed by atoms with Crippen LogP contribution in [0, 0.1) is 0 Å². The summed E-state index contributed by atoms with van der Waals surface area (Å²) in [6.07, 6.45) is 0. The molecule has 0 saturated heterocycles. The van der Waals surface area contributed by atoms with Crippen LogP contribution in [0.4, 0.5) is 0 Å². The largest absolute Gasteiger partial charge is 0.307 e. The van der Waals surface area contributed by atoms with E-state index in [1.54, 1.807) is 6.07 Å². The lowest BCUT2D eigenvalue weighted by atomic mass is 10.2. The monoisotopic (exact) mass is 196 g/mol. The lowest BCUT2D eigenvalue weighted by Crippen LogP contribution is -2.03. The third-order valence-corrected chi connectivity index (χ3v) is 2.41. The van der Waals surface area contributed by atoms with E-state index in [-0.39, 0.29) is 5.56 Å². The highest BCUT2D eigenvalue weighted by Gasteiger charge is 1.98. The molecule has 1 aromatic carbocycles. The van der Waals surface area contributed by atoms with Crippen molar-refractivity contribution in [3.8, 4) is 0 Å². The van der Waals surface area contributed by atoms with E-state index < -0.39 is 0 Å². The minimum Gasteiger partial charge on any atom is -0.307 e. The maximum Gasteiger partial charge on any atom is 0.249 e. The maximum absolute atomic E-state index is 11.1. The number of hydrogen-bond acceptors (Lipinski definition) is 2. The predicted octanol–water partition coefficient (Wildman–Crippen LogP) is 2.08. The molecule has 0 spiro atoms. The standard InChI is InChI=1S/C12H8N2O/c15-11-6-5-9-7-8-3-1-2-4-10(8)13-12(9)14-11/h1-7H,(H,13,14,15). The Bertz CT molecular complexity index is 700. The zero-order chi connectivity index (χ0) is 10.3. The average Bonchev–Trinajstić information content (AvgIpc) is 2.26. The first kappa shape index (κ1) is 8.17. The Hall–Kier alpha value is -2.16. The number of rotatable bonds is 0. The van der Waals surface area contributed by atoms with E-state index in [0.717, 1.165) is 16.3 Å². The van der Waals surface area contributed by atoms with Gasteiger partial charge in [-0.25, -0.2) is 4.98 Å². The summed E-state index contributed by atoms with van der Waals surface area (Å²) in [6.45, 7) is 0. The third-order valence-electron chi connectivity index (χ3n) is 2.41. The quantitative estimate of drug-likeness (QED) is 0.559. The zero-order valence-electron chi connectivity index (χ0n) is 7.90. The highest BCUT2D eigenvalue weighted by Crippen LogP contribution is 2.16. The molecular weight excluding hydrogens is 188 g/mol. The van der Waals surface area contributed by atoms with E-state index in [2.05, 4.69) is 9.97 Å². The van der Waals surface area contributed by atoms with Gasteiger partial charge in [0.1, 0.15) is 5.65 Å². The van der Waals surface area contributed by atoms with Gasteiger partial charge in [0.15, 0.2) is 0 Å². The third kappa shape index (κ3) is 1.29. The van der Waals surface area contributed by atoms with Gasteiger partial charge in [-0.2, -0.15) is 0 Å². The molecule has 72 valence electrons. The van der Waals surface area contributed by atoms with Crippen LogP contribution in [0.15, 0.2) is 47.3 Å². The summed E-state index contributed by atoms with van der Waals surface area (Å²) in [6, 6.07) is 13.2. The molecule has 0 fully saturated rings. The SMILES string of the molecule is O=c1ccc2cc3ccccc3nc2[nH]1. The number of H-pyrrole nitrogens is 1. The second-order valence-corrected chi connectivity index (χ2v) is 3.44. The van der Waals surface area contributed by atoms with Crippen LogP contribution in [0.3, 0.4) is 0 Å². The number of nitrogens with one attached hydrogen (secondary N) is 1. The number of aromatic nitrogens is 2. The Labute approximate surface area is 85.4 Å². The fourth-order valence-electron chi connectivity index (χ4n) is 1.68. The second-order valence-electron chi connectivity index (χ2n) is 3.44. The van der Waals surface area contributed by atoms with Gasteiger partial charge in [0.25, 0.3) is 0 Å². The summed E-state index contributed by atoms with van der Waals surface area (Å²) in [5.74, 6) is 0. The average molecular weight is 196 g/mol. The van der Waals surface area contributed by atoms with E-state index in [4.69, 9.17) is 0 Å². The summed E-state index contributed by atoms with van der Waals surface area (Å²) < 4.78 is 0. The molecule has 0 saturated carbocycles. The van der Waals surface area contributed by atoms with Crippen molar-refractivity contribution in [3.05, 3.63) is 52.8 Å². The Morgan fingerprint density at radius 1 is 1.00 bits per heavy atom. The van der Waals surface area contributed by atoms with Crippen LogP contribution in [0.5, 0.6) is 0 Å². The molecule has 0 atom stereocenters. The van der Waals surface area contributed by atoms with E-state index in [0.29, 0.717) is 5.65 Å². The molecule has 0 radical (unpaired) electrons. The van der Waals surface area contributed by atoms with Crippen molar-refractivity contribution in [3.63, 3.8) is 0 Å². The molecule has 3 heteroatoms. The fraction of sp³-hybridized carbons (Fsp3) is 0. The minimum atomic E-state index is -0.120. The molecule has 2 aromatic heterocycles. The van der Waals surface area contributed by atoms with Crippen LogP contribution in [0.25, 0.3) is 21.9 Å². The van der Waals surface area contributed by atoms with Crippen molar-refractivity contribution >= 4 is 21.9 Å². The molecule has 0 bridgehead atoms. The van der Waals surface area contributed by atoms with Gasteiger partial charge in [-0.05, 0) is 18.2 Å². The van der Waals surface area contributed by atoms with Crippen LogP contribution in [0.1, 0.15) is 0 Å². The van der Waals surface area contributed by atoms with Crippen molar-refractivity contribution < 1.29 is 0 Å². The van der Waals surface area contributed by atoms with Crippen LogP contribution in [-0.4, -0.2) is 9.97 Å². The molecule has 0 aliphatic carbocycles. The highest BCUT2D eigenvalue weighted by molar-refractivity contribution is 5.90. The Kier molecular flexibility index (Phi) is 1.59. The molecular formula is C12H8N2O. The Balaban J connectivity index is 2.53. The number of aromatic amines is 1. The van der Waals surface area contributed by atoms with Gasteiger partial charge in [-0.1, -0.05) is 18.2 Å². The van der Waals surface area contributed by atoms with Gasteiger partial charge >= 0.3 is 0 Å². The summed E-state index contributed by atoms with van der Waals surface area (Å²) in [5, 5.41) is 2.03. The molecule has 3 aromatic rings. The minimum absolute atomic E-state index is 0.120. The topological polar surface area (TPSA) is 45.8 Å². The van der Waals surface area contributed by atoms with E-state index in [9.17, 15) is 4.79 Å². The van der Waals surface area contributed by atoms with Gasteiger partial charge in [0.2, 0.25) is 5.56 Å². The summed E-state index contributed by atoms with van der Waals surface area (Å²) in [5.41, 5.74) is 1.42. The van der Waals surface area contributed by atoms with Crippen LogP contribution >= 0.6 is 0 Å². The van der Waals surface area contributed by atoms with Crippen LogP contribution in [0.2, 0.25) is 0 Å². The molecule has 2 heterocycles. The molecule has 0 unspecified atom stereocenters. The number of hydrogen-bond donors (Lipinski definition) is 1. The molecule has 15 heavy (non-hydrogen) atoms. The number of para-hydroxylation sites is 1. The second kappa shape index (κ2) is 2.92. The van der Waals surface area contributed by atoms with E-state index >= 15 is 0 Å². The van der Waals surface area contributed by atoms with Crippen molar-refractivity contribution in [1.82, 2.24) is 9.97 Å². The van der Waals surface area contributed by atoms with Crippen molar-refractivity contribution in [2.45, 2.75) is 0 Å². The number of nitrogens with zero attached hydrogens (tertiary/aromatic N) is 1. The van der Waals surface area contributed by atoms with E-state index in [1.165, 1.54) is 6.07 Å². The first-order chi connectivity index (χ1) is 7.33. The summed E-state index contributed by atoms with van der Waals surface area (Å²) in [7, 11) is 0. The van der Waals surface area contributed by atoms with Crippen molar-refractivity contribution in [2.75, 3.05) is 0 Å². The molecule has 0 amide bonds. The van der Waals surface area contributed by atoms with Gasteiger partial charge in [0, 0.05) is 16.8 Å². The normalized spacial score (nSPS) is 10.9. The Morgan fingerprint density at radius 3 is 2.80 bits per heavy atom. The zero-order valence-corrected chi connectivity index (χ0v) is 7.90. The summed E-state index contributed by atoms with van der Waals surface area (Å²) in [4.78, 5) is 18.2. The molecule has 0 aliphatic rings. The molecule has 1 N–H and O–H groups in total. The van der Waals surface area contributed by atoms with Gasteiger partial charge in [-0.3, -0.25) is 4.79 Å². The first-order valence-corrected chi connectivity index (χ1v) is 4.72. The molecule has 3 nitrogen and oxygen atoms in total. The predicted molar refractivity (Wildman–Crippen MR) is 59.9 cm³/mol. The molecule has 0 aliphatic heterocycles. The van der Waals surface area contributed by atoms with Crippen molar-refractivity contribution in [1.29, 1.82) is 0 Å². The smallest absolute Gasteiger partial charge is 0.249 e. The van der Waals surface area contributed by atoms with Crippen LogP contribution in [-0.2, 0) is 0 Å². The fourth-order valence-corrected chi connectivity index (χ4v) is 1.68. The van der Waals surface area contributed by atoms with Gasteiger partial charge in [0.05, 0.1) is 5.52 Å². The van der Waals surface area contributed by atoms with E-state index in [1.807, 2.05) is 30.3 Å².